The van der Waals surface area contributed by atoms with Gasteiger partial charge in [0.05, 0.1) is 11.2 Å². The van der Waals surface area contributed by atoms with E-state index in [0.29, 0.717) is 6.61 Å². The van der Waals surface area contributed by atoms with Gasteiger partial charge in [0.2, 0.25) is 0 Å². The van der Waals surface area contributed by atoms with E-state index in [-0.39, 0.29) is 0 Å². The smallest absolute Gasteiger partial charge is 0.103 e. The Morgan fingerprint density at radius 2 is 2.23 bits per heavy atom. The van der Waals surface area contributed by atoms with E-state index in [2.05, 4.69) is 10.5 Å². The molecule has 1 aromatic carbocycles. The van der Waals surface area contributed by atoms with Crippen LogP contribution < -0.4 is 5.48 Å². The molecule has 3 heteroatoms. The maximum atomic E-state index is 5.13. The summed E-state index contributed by atoms with van der Waals surface area (Å²) in [5, 5.41) is 1.12. The van der Waals surface area contributed by atoms with Crippen molar-refractivity contribution in [2.24, 2.45) is 0 Å². The van der Waals surface area contributed by atoms with E-state index >= 15 is 0 Å². The van der Waals surface area contributed by atoms with E-state index in [1.807, 2.05) is 30.5 Å². The monoisotopic (exact) mass is 172 g/mol. The quantitative estimate of drug-likeness (QED) is 0.660. The number of fused-ring (bicyclic) bond motifs is 3. The highest BCUT2D eigenvalue weighted by Gasteiger charge is 2.13. The third-order valence-corrected chi connectivity index (χ3v) is 2.26. The molecule has 3 nitrogen and oxygen atoms in total. The molecule has 0 aliphatic carbocycles. The minimum absolute atomic E-state index is 0.604. The zero-order valence-corrected chi connectivity index (χ0v) is 6.95. The van der Waals surface area contributed by atoms with Crippen LogP contribution in [0.4, 0.5) is 5.69 Å². The van der Waals surface area contributed by atoms with Crippen molar-refractivity contribution in [3.05, 3.63) is 36.0 Å². The van der Waals surface area contributed by atoms with Gasteiger partial charge in [0, 0.05) is 17.1 Å². The molecule has 13 heavy (non-hydrogen) atoms. The summed E-state index contributed by atoms with van der Waals surface area (Å²) in [4.78, 5) is 9.47. The van der Waals surface area contributed by atoms with Crippen molar-refractivity contribution in [2.75, 3.05) is 5.48 Å². The van der Waals surface area contributed by atoms with E-state index in [1.54, 1.807) is 0 Å². The Bertz CT molecular complexity index is 467. The topological polar surface area (TPSA) is 34.1 Å². The van der Waals surface area contributed by atoms with Crippen LogP contribution in [0, 0.1) is 0 Å². The summed E-state index contributed by atoms with van der Waals surface area (Å²) < 4.78 is 0. The number of pyridine rings is 1. The van der Waals surface area contributed by atoms with Crippen LogP contribution in [0.5, 0.6) is 0 Å². The number of nitrogens with zero attached hydrogens (tertiary/aromatic N) is 1. The Kier molecular flexibility index (Phi) is 1.29. The van der Waals surface area contributed by atoms with Crippen LogP contribution in [0.15, 0.2) is 30.5 Å². The molecule has 0 atom stereocenters. The van der Waals surface area contributed by atoms with Gasteiger partial charge in [0.25, 0.3) is 0 Å². The van der Waals surface area contributed by atoms with Crippen LogP contribution in [0.1, 0.15) is 5.56 Å². The molecule has 1 aromatic heterocycles. The summed E-state index contributed by atoms with van der Waals surface area (Å²) in [6.07, 6.45) is 1.86. The van der Waals surface area contributed by atoms with E-state index in [4.69, 9.17) is 4.84 Å². The molecule has 0 saturated carbocycles. The first-order valence-electron chi connectivity index (χ1n) is 4.19. The molecule has 1 aliphatic heterocycles. The van der Waals surface area contributed by atoms with Gasteiger partial charge >= 0.3 is 0 Å². The molecule has 0 bridgehead atoms. The van der Waals surface area contributed by atoms with E-state index < -0.39 is 0 Å². The first-order valence-corrected chi connectivity index (χ1v) is 4.19. The molecule has 0 spiro atoms. The summed E-state index contributed by atoms with van der Waals surface area (Å²) >= 11 is 0. The summed E-state index contributed by atoms with van der Waals surface area (Å²) in [6, 6.07) is 8.03. The lowest BCUT2D eigenvalue weighted by atomic mass is 10.1. The SMILES string of the molecule is c1ccc2c3c(cnc2c1)CON3. The Morgan fingerprint density at radius 3 is 3.23 bits per heavy atom. The number of hydrogen-bond acceptors (Lipinski definition) is 3. The first-order chi connectivity index (χ1) is 6.45. The van der Waals surface area contributed by atoms with Crippen LogP contribution in [-0.4, -0.2) is 4.98 Å². The molecule has 1 aliphatic rings. The molecule has 1 N–H and O–H groups in total. The van der Waals surface area contributed by atoms with Gasteiger partial charge in [-0.1, -0.05) is 18.2 Å². The maximum Gasteiger partial charge on any atom is 0.103 e. The summed E-state index contributed by atoms with van der Waals surface area (Å²) in [5.41, 5.74) is 6.09. The highest BCUT2D eigenvalue weighted by atomic mass is 16.6. The summed E-state index contributed by atoms with van der Waals surface area (Å²) in [5.74, 6) is 0. The predicted octanol–water partition coefficient (Wildman–Crippen LogP) is 2.09. The molecule has 0 fully saturated rings. The second-order valence-electron chi connectivity index (χ2n) is 3.07. The number of para-hydroxylation sites is 1. The van der Waals surface area contributed by atoms with Gasteiger partial charge in [-0.25, -0.2) is 0 Å². The Morgan fingerprint density at radius 1 is 1.31 bits per heavy atom. The van der Waals surface area contributed by atoms with Crippen molar-refractivity contribution in [2.45, 2.75) is 6.61 Å². The van der Waals surface area contributed by atoms with Crippen molar-refractivity contribution < 1.29 is 4.84 Å². The third kappa shape index (κ3) is 0.907. The zero-order chi connectivity index (χ0) is 8.67. The average Bonchev–Trinajstić information content (AvgIpc) is 2.65. The largest absolute Gasteiger partial charge is 0.271 e. The van der Waals surface area contributed by atoms with Gasteiger partial charge in [-0.2, -0.15) is 0 Å². The Balaban J connectivity index is 2.43. The zero-order valence-electron chi connectivity index (χ0n) is 6.95. The number of hydrogen-bond donors (Lipinski definition) is 1. The van der Waals surface area contributed by atoms with Crippen molar-refractivity contribution in [1.29, 1.82) is 0 Å². The van der Waals surface area contributed by atoms with Crippen LogP contribution in [-0.2, 0) is 11.4 Å². The number of aromatic nitrogens is 1. The lowest BCUT2D eigenvalue weighted by Gasteiger charge is -2.01. The molecule has 0 amide bonds. The van der Waals surface area contributed by atoms with Crippen molar-refractivity contribution >= 4 is 16.6 Å². The molecule has 0 saturated heterocycles. The average molecular weight is 172 g/mol. The number of rotatable bonds is 0. The maximum absolute atomic E-state index is 5.13. The molecule has 2 heterocycles. The van der Waals surface area contributed by atoms with Crippen LogP contribution in [0.3, 0.4) is 0 Å². The van der Waals surface area contributed by atoms with E-state index in [0.717, 1.165) is 22.2 Å². The molecule has 64 valence electrons. The minimum atomic E-state index is 0.604. The highest BCUT2D eigenvalue weighted by Crippen LogP contribution is 2.29. The summed E-state index contributed by atoms with van der Waals surface area (Å²) in [7, 11) is 0. The van der Waals surface area contributed by atoms with E-state index in [1.165, 1.54) is 0 Å². The van der Waals surface area contributed by atoms with Crippen molar-refractivity contribution in [3.8, 4) is 0 Å². The van der Waals surface area contributed by atoms with Gasteiger partial charge in [-0.3, -0.25) is 15.3 Å². The van der Waals surface area contributed by atoms with Crippen molar-refractivity contribution in [1.82, 2.24) is 4.98 Å². The lowest BCUT2D eigenvalue weighted by Crippen LogP contribution is -1.89. The fourth-order valence-electron chi connectivity index (χ4n) is 1.60. The van der Waals surface area contributed by atoms with Crippen LogP contribution in [0.2, 0.25) is 0 Å². The molecule has 2 aromatic rings. The minimum Gasteiger partial charge on any atom is -0.271 e. The number of anilines is 1. The van der Waals surface area contributed by atoms with Crippen LogP contribution >= 0.6 is 0 Å². The van der Waals surface area contributed by atoms with Gasteiger partial charge in [0.1, 0.15) is 6.61 Å². The van der Waals surface area contributed by atoms with Crippen molar-refractivity contribution in [3.63, 3.8) is 0 Å². The Hall–Kier alpha value is -1.61. The molecular weight excluding hydrogens is 164 g/mol. The molecule has 0 radical (unpaired) electrons. The predicted molar refractivity (Wildman–Crippen MR) is 50.2 cm³/mol. The second kappa shape index (κ2) is 2.44. The lowest BCUT2D eigenvalue weighted by molar-refractivity contribution is 0.202. The fraction of sp³-hybridized carbons (Fsp3) is 0.100. The van der Waals surface area contributed by atoms with Gasteiger partial charge in [-0.05, 0) is 6.07 Å². The number of nitrogens with one attached hydrogen (secondary N) is 1. The third-order valence-electron chi connectivity index (χ3n) is 2.26. The molecule has 0 unspecified atom stereocenters. The standard InChI is InChI=1S/C10H8N2O/c1-2-4-9-8(3-1)10-7(5-11-9)6-13-12-10/h1-5,12H,6H2. The van der Waals surface area contributed by atoms with Gasteiger partial charge in [-0.15, -0.1) is 0 Å². The Labute approximate surface area is 75.3 Å². The summed E-state index contributed by atoms with van der Waals surface area (Å²) in [6.45, 7) is 0.604. The first kappa shape index (κ1) is 6.86. The molecular formula is C10H8N2O. The normalized spacial score (nSPS) is 14.2. The second-order valence-corrected chi connectivity index (χ2v) is 3.07. The fourth-order valence-corrected chi connectivity index (χ4v) is 1.60. The van der Waals surface area contributed by atoms with Gasteiger partial charge in [0.15, 0.2) is 0 Å². The van der Waals surface area contributed by atoms with Crippen LogP contribution in [0.25, 0.3) is 10.9 Å². The number of benzene rings is 1. The molecule has 3 rings (SSSR count). The highest BCUT2D eigenvalue weighted by molar-refractivity contribution is 5.92. The van der Waals surface area contributed by atoms with Gasteiger partial charge < -0.3 is 0 Å². The van der Waals surface area contributed by atoms with E-state index in [9.17, 15) is 0 Å².